The average molecular weight is 386 g/mol. The summed E-state index contributed by atoms with van der Waals surface area (Å²) < 4.78 is 5.89. The predicted octanol–water partition coefficient (Wildman–Crippen LogP) is 3.00. The first-order chi connectivity index (χ1) is 9.06. The van der Waals surface area contributed by atoms with Crippen LogP contribution in [0.2, 0.25) is 0 Å². The van der Waals surface area contributed by atoms with Crippen LogP contribution >= 0.6 is 31.9 Å². The Morgan fingerprint density at radius 3 is 1.58 bits per heavy atom. The van der Waals surface area contributed by atoms with E-state index in [1.165, 1.54) is 24.5 Å². The van der Waals surface area contributed by atoms with E-state index in [-0.39, 0.29) is 11.1 Å². The fourth-order valence-electron chi connectivity index (χ4n) is 1.20. The second-order valence-corrected chi connectivity index (χ2v) is 5.04. The first-order valence-electron chi connectivity index (χ1n) is 5.06. The summed E-state index contributed by atoms with van der Waals surface area (Å²) in [5, 5.41) is 0. The van der Waals surface area contributed by atoms with Crippen LogP contribution in [0, 0.1) is 0 Å². The molecule has 2 aromatic rings. The van der Waals surface area contributed by atoms with Gasteiger partial charge < -0.3 is 4.74 Å². The molecule has 0 aliphatic carbocycles. The summed E-state index contributed by atoms with van der Waals surface area (Å²) in [6.07, 6.45) is 2.64. The van der Waals surface area contributed by atoms with E-state index >= 15 is 0 Å². The fourth-order valence-corrected chi connectivity index (χ4v) is 1.66. The number of hydrogen-bond donors (Lipinski definition) is 0. The zero-order chi connectivity index (χ0) is 13.8. The van der Waals surface area contributed by atoms with Crippen LogP contribution in [0.1, 0.15) is 20.7 Å². The number of carbonyl (C=O) groups is 2. The Labute approximate surface area is 125 Å². The number of hydrogen-bond acceptors (Lipinski definition) is 5. The summed E-state index contributed by atoms with van der Waals surface area (Å²) in [7, 11) is 0. The van der Waals surface area contributed by atoms with Crippen LogP contribution in [-0.2, 0) is 4.74 Å². The summed E-state index contributed by atoms with van der Waals surface area (Å²) in [5.41, 5.74) is 0.392. The number of rotatable bonds is 2. The Hall–Kier alpha value is -1.60. The minimum atomic E-state index is -0.757. The monoisotopic (exact) mass is 384 g/mol. The van der Waals surface area contributed by atoms with Gasteiger partial charge in [0, 0.05) is 12.4 Å². The molecule has 0 atom stereocenters. The summed E-state index contributed by atoms with van der Waals surface area (Å²) >= 11 is 6.29. The van der Waals surface area contributed by atoms with Gasteiger partial charge >= 0.3 is 11.9 Å². The molecule has 0 spiro atoms. The average Bonchev–Trinajstić information content (AvgIpc) is 2.40. The highest BCUT2D eigenvalue weighted by Crippen LogP contribution is 2.10. The van der Waals surface area contributed by atoms with E-state index in [1.807, 2.05) is 0 Å². The Morgan fingerprint density at radius 2 is 1.26 bits per heavy atom. The smallest absolute Gasteiger partial charge is 0.347 e. The van der Waals surface area contributed by atoms with Gasteiger partial charge in [-0.3, -0.25) is 0 Å². The molecule has 0 bridgehead atoms. The number of halogens is 2. The number of esters is 2. The van der Waals surface area contributed by atoms with Crippen LogP contribution in [0.15, 0.2) is 45.9 Å². The molecule has 0 saturated heterocycles. The van der Waals surface area contributed by atoms with Crippen LogP contribution in [0.25, 0.3) is 0 Å². The number of aromatic nitrogens is 2. The third kappa shape index (κ3) is 3.68. The molecule has 0 N–H and O–H groups in total. The molecule has 0 aliphatic heterocycles. The highest BCUT2D eigenvalue weighted by Gasteiger charge is 2.15. The van der Waals surface area contributed by atoms with E-state index in [4.69, 9.17) is 4.74 Å². The Bertz CT molecular complexity index is 556. The highest BCUT2D eigenvalue weighted by atomic mass is 79.9. The zero-order valence-electron chi connectivity index (χ0n) is 9.34. The molecule has 0 radical (unpaired) electrons. The van der Waals surface area contributed by atoms with Crippen molar-refractivity contribution in [3.63, 3.8) is 0 Å². The zero-order valence-corrected chi connectivity index (χ0v) is 12.5. The summed E-state index contributed by atoms with van der Waals surface area (Å²) in [6.45, 7) is 0. The molecule has 0 aliphatic rings. The maximum Gasteiger partial charge on any atom is 0.347 e. The van der Waals surface area contributed by atoms with E-state index in [2.05, 4.69) is 41.8 Å². The van der Waals surface area contributed by atoms with Crippen LogP contribution in [-0.4, -0.2) is 21.9 Å². The molecule has 0 aromatic carbocycles. The standard InChI is InChI=1S/C12H6Br2N2O3/c13-9-3-1-7(5-15-9)11(17)19-12(18)8-2-4-10(14)16-6-8/h1-6H. The second kappa shape index (κ2) is 6.03. The van der Waals surface area contributed by atoms with Crippen molar-refractivity contribution in [1.82, 2.24) is 9.97 Å². The van der Waals surface area contributed by atoms with Crippen molar-refractivity contribution in [3.8, 4) is 0 Å². The van der Waals surface area contributed by atoms with Crippen molar-refractivity contribution in [2.45, 2.75) is 0 Å². The number of ether oxygens (including phenoxy) is 1. The van der Waals surface area contributed by atoms with Crippen molar-refractivity contribution in [3.05, 3.63) is 57.0 Å². The van der Waals surface area contributed by atoms with Crippen LogP contribution in [0.4, 0.5) is 0 Å². The molecule has 5 nitrogen and oxygen atoms in total. The van der Waals surface area contributed by atoms with Gasteiger partial charge in [-0.05, 0) is 56.1 Å². The van der Waals surface area contributed by atoms with Gasteiger partial charge in [0.15, 0.2) is 0 Å². The van der Waals surface area contributed by atoms with E-state index in [0.717, 1.165) is 0 Å². The van der Waals surface area contributed by atoms with Gasteiger partial charge in [0.1, 0.15) is 9.21 Å². The molecule has 2 rings (SSSR count). The SMILES string of the molecule is O=C(OC(=O)c1ccc(Br)nc1)c1ccc(Br)nc1. The van der Waals surface area contributed by atoms with Crippen molar-refractivity contribution in [2.75, 3.05) is 0 Å². The van der Waals surface area contributed by atoms with Gasteiger partial charge in [-0.1, -0.05) is 0 Å². The quantitative estimate of drug-likeness (QED) is 0.451. The molecule has 0 amide bonds. The lowest BCUT2D eigenvalue weighted by molar-refractivity contribution is 0.0397. The second-order valence-electron chi connectivity index (χ2n) is 3.42. The summed E-state index contributed by atoms with van der Waals surface area (Å²) in [5.74, 6) is -1.51. The van der Waals surface area contributed by atoms with Crippen molar-refractivity contribution < 1.29 is 14.3 Å². The third-order valence-corrected chi connectivity index (χ3v) is 3.05. The van der Waals surface area contributed by atoms with Crippen LogP contribution in [0.3, 0.4) is 0 Å². The fraction of sp³-hybridized carbons (Fsp3) is 0. The third-order valence-electron chi connectivity index (χ3n) is 2.11. The molecular formula is C12H6Br2N2O3. The van der Waals surface area contributed by atoms with Gasteiger partial charge in [-0.2, -0.15) is 0 Å². The number of pyridine rings is 2. The van der Waals surface area contributed by atoms with E-state index in [9.17, 15) is 9.59 Å². The van der Waals surface area contributed by atoms with Gasteiger partial charge in [0.2, 0.25) is 0 Å². The van der Waals surface area contributed by atoms with Gasteiger partial charge in [-0.25, -0.2) is 19.6 Å². The largest absolute Gasteiger partial charge is 0.386 e. The first-order valence-corrected chi connectivity index (χ1v) is 6.64. The molecule has 0 fully saturated rings. The molecule has 0 unspecified atom stereocenters. The highest BCUT2D eigenvalue weighted by molar-refractivity contribution is 9.10. The minimum Gasteiger partial charge on any atom is -0.386 e. The maximum absolute atomic E-state index is 11.7. The number of carbonyl (C=O) groups excluding carboxylic acids is 2. The normalized spacial score (nSPS) is 10.0. The summed E-state index contributed by atoms with van der Waals surface area (Å²) in [4.78, 5) is 31.1. The van der Waals surface area contributed by atoms with E-state index < -0.39 is 11.9 Å². The molecule has 19 heavy (non-hydrogen) atoms. The van der Waals surface area contributed by atoms with Crippen molar-refractivity contribution >= 4 is 43.8 Å². The minimum absolute atomic E-state index is 0.196. The van der Waals surface area contributed by atoms with Gasteiger partial charge in [0.25, 0.3) is 0 Å². The molecule has 96 valence electrons. The van der Waals surface area contributed by atoms with E-state index in [0.29, 0.717) is 9.21 Å². The molecule has 2 aromatic heterocycles. The predicted molar refractivity (Wildman–Crippen MR) is 73.6 cm³/mol. The lowest BCUT2D eigenvalue weighted by atomic mass is 10.3. The van der Waals surface area contributed by atoms with Crippen molar-refractivity contribution in [1.29, 1.82) is 0 Å². The molecule has 0 saturated carbocycles. The molecular weight excluding hydrogens is 380 g/mol. The summed E-state index contributed by atoms with van der Waals surface area (Å²) in [6, 6.07) is 6.18. The molecule has 7 heteroatoms. The van der Waals surface area contributed by atoms with Crippen LogP contribution < -0.4 is 0 Å². The van der Waals surface area contributed by atoms with Crippen LogP contribution in [0.5, 0.6) is 0 Å². The Kier molecular flexibility index (Phi) is 4.39. The Morgan fingerprint density at radius 1 is 0.842 bits per heavy atom. The topological polar surface area (TPSA) is 69.2 Å². The first kappa shape index (κ1) is 13.8. The number of nitrogens with zero attached hydrogens (tertiary/aromatic N) is 2. The van der Waals surface area contributed by atoms with Gasteiger partial charge in [0.05, 0.1) is 11.1 Å². The lowest BCUT2D eigenvalue weighted by Gasteiger charge is -2.02. The van der Waals surface area contributed by atoms with Crippen molar-refractivity contribution in [2.24, 2.45) is 0 Å². The van der Waals surface area contributed by atoms with Gasteiger partial charge in [-0.15, -0.1) is 0 Å². The van der Waals surface area contributed by atoms with E-state index in [1.54, 1.807) is 12.1 Å². The molecule has 2 heterocycles. The maximum atomic E-state index is 11.7. The lowest BCUT2D eigenvalue weighted by Crippen LogP contribution is -2.13. The Balaban J connectivity index is 2.08.